The summed E-state index contributed by atoms with van der Waals surface area (Å²) in [5, 5.41) is 13.2. The predicted molar refractivity (Wildman–Crippen MR) is 75.1 cm³/mol. The van der Waals surface area contributed by atoms with E-state index in [1.54, 1.807) is 31.4 Å². The van der Waals surface area contributed by atoms with Crippen molar-refractivity contribution in [3.05, 3.63) is 51.0 Å². The van der Waals surface area contributed by atoms with Crippen molar-refractivity contribution in [2.45, 2.75) is 13.8 Å². The zero-order valence-corrected chi connectivity index (χ0v) is 11.7. The van der Waals surface area contributed by atoms with E-state index in [9.17, 15) is 14.0 Å². The molecular weight excluding hydrogens is 281 g/mol. The summed E-state index contributed by atoms with van der Waals surface area (Å²) in [6.45, 7) is 3.25. The fraction of sp³-hybridized carbons (Fsp3) is 0.143. The van der Waals surface area contributed by atoms with Crippen molar-refractivity contribution in [3.63, 3.8) is 0 Å². The first-order chi connectivity index (χ1) is 9.41. The van der Waals surface area contributed by atoms with Crippen LogP contribution in [-0.4, -0.2) is 17.0 Å². The van der Waals surface area contributed by atoms with E-state index in [4.69, 9.17) is 5.11 Å². The minimum atomic E-state index is -1.12. The van der Waals surface area contributed by atoms with Crippen molar-refractivity contribution in [1.29, 1.82) is 0 Å². The minimum Gasteiger partial charge on any atom is -0.477 e. The first-order valence-electron chi connectivity index (χ1n) is 5.79. The van der Waals surface area contributed by atoms with Gasteiger partial charge in [-0.15, -0.1) is 11.3 Å². The van der Waals surface area contributed by atoms with Gasteiger partial charge in [-0.1, -0.05) is 12.1 Å². The second-order valence-electron chi connectivity index (χ2n) is 4.32. The van der Waals surface area contributed by atoms with Crippen molar-refractivity contribution in [3.8, 4) is 0 Å². The van der Waals surface area contributed by atoms with Crippen LogP contribution < -0.4 is 5.32 Å². The molecule has 0 spiro atoms. The zero-order valence-electron chi connectivity index (χ0n) is 10.9. The number of carboxylic acids is 1. The van der Waals surface area contributed by atoms with Gasteiger partial charge in [-0.2, -0.15) is 0 Å². The molecule has 0 fully saturated rings. The van der Waals surface area contributed by atoms with E-state index in [1.165, 1.54) is 6.07 Å². The Morgan fingerprint density at radius 2 is 1.95 bits per heavy atom. The molecule has 2 rings (SSSR count). The number of nitrogens with one attached hydrogen (secondary N) is 1. The zero-order chi connectivity index (χ0) is 14.9. The number of rotatable bonds is 3. The summed E-state index contributed by atoms with van der Waals surface area (Å²) in [6, 6.07) is 4.50. The second-order valence-corrected chi connectivity index (χ2v) is 5.20. The molecule has 104 valence electrons. The molecule has 1 aromatic heterocycles. The van der Waals surface area contributed by atoms with Crippen LogP contribution in [0.3, 0.4) is 0 Å². The smallest absolute Gasteiger partial charge is 0.348 e. The molecule has 1 aromatic carbocycles. The Morgan fingerprint density at radius 3 is 2.60 bits per heavy atom. The third kappa shape index (κ3) is 2.55. The SMILES string of the molecule is Cc1cccc(C(=O)Nc2c(C)csc2C(=O)O)c1F. The van der Waals surface area contributed by atoms with E-state index in [0.29, 0.717) is 11.1 Å². The van der Waals surface area contributed by atoms with Crippen molar-refractivity contribution >= 4 is 28.9 Å². The highest BCUT2D eigenvalue weighted by molar-refractivity contribution is 7.12. The molecule has 0 aliphatic heterocycles. The fourth-order valence-corrected chi connectivity index (χ4v) is 2.60. The topological polar surface area (TPSA) is 66.4 Å². The number of carbonyl (C=O) groups excluding carboxylic acids is 1. The van der Waals surface area contributed by atoms with E-state index >= 15 is 0 Å². The standard InChI is InChI=1S/C14H12FNO3S/c1-7-4-3-5-9(10(7)15)13(17)16-11-8(2)6-20-12(11)14(18)19/h3-6H,1-2H3,(H,16,17)(H,18,19). The van der Waals surface area contributed by atoms with Crippen LogP contribution in [0.2, 0.25) is 0 Å². The summed E-state index contributed by atoms with van der Waals surface area (Å²) in [4.78, 5) is 23.2. The molecule has 1 amide bonds. The van der Waals surface area contributed by atoms with Crippen LogP contribution in [0.4, 0.5) is 10.1 Å². The van der Waals surface area contributed by atoms with E-state index in [1.807, 2.05) is 0 Å². The number of thiophene rings is 1. The summed E-state index contributed by atoms with van der Waals surface area (Å²) in [5.41, 5.74) is 1.10. The number of carboxylic acid groups (broad SMARTS) is 1. The van der Waals surface area contributed by atoms with Gasteiger partial charge >= 0.3 is 5.97 Å². The lowest BCUT2D eigenvalue weighted by atomic mass is 10.1. The quantitative estimate of drug-likeness (QED) is 0.910. The normalized spacial score (nSPS) is 10.3. The highest BCUT2D eigenvalue weighted by Crippen LogP contribution is 2.28. The predicted octanol–water partition coefficient (Wildman–Crippen LogP) is 3.45. The molecule has 1 heterocycles. The van der Waals surface area contributed by atoms with Gasteiger partial charge in [0.15, 0.2) is 0 Å². The molecule has 0 unspecified atom stereocenters. The van der Waals surface area contributed by atoms with Crippen molar-refractivity contribution in [2.24, 2.45) is 0 Å². The maximum Gasteiger partial charge on any atom is 0.348 e. The van der Waals surface area contributed by atoms with Crippen LogP contribution in [0.5, 0.6) is 0 Å². The highest BCUT2D eigenvalue weighted by Gasteiger charge is 2.20. The number of anilines is 1. The molecule has 2 N–H and O–H groups in total. The molecule has 6 heteroatoms. The monoisotopic (exact) mass is 293 g/mol. The van der Waals surface area contributed by atoms with E-state index in [-0.39, 0.29) is 16.1 Å². The average Bonchev–Trinajstić information content (AvgIpc) is 2.74. The van der Waals surface area contributed by atoms with E-state index < -0.39 is 17.7 Å². The number of benzene rings is 1. The third-order valence-corrected chi connectivity index (χ3v) is 3.93. The van der Waals surface area contributed by atoms with Gasteiger partial charge in [-0.25, -0.2) is 9.18 Å². The van der Waals surface area contributed by atoms with Gasteiger partial charge < -0.3 is 10.4 Å². The molecule has 2 aromatic rings. The third-order valence-electron chi connectivity index (χ3n) is 2.84. The van der Waals surface area contributed by atoms with Crippen LogP contribution >= 0.6 is 11.3 Å². The Bertz CT molecular complexity index is 694. The minimum absolute atomic E-state index is 0.0314. The molecule has 20 heavy (non-hydrogen) atoms. The molecule has 0 radical (unpaired) electrons. The lowest BCUT2D eigenvalue weighted by Gasteiger charge is -2.08. The summed E-state index contributed by atoms with van der Waals surface area (Å²) in [5.74, 6) is -2.38. The Hall–Kier alpha value is -2.21. The van der Waals surface area contributed by atoms with Crippen LogP contribution in [-0.2, 0) is 0 Å². The second kappa shape index (κ2) is 5.42. The highest BCUT2D eigenvalue weighted by atomic mass is 32.1. The van der Waals surface area contributed by atoms with Crippen molar-refractivity contribution in [1.82, 2.24) is 0 Å². The largest absolute Gasteiger partial charge is 0.477 e. The van der Waals surface area contributed by atoms with Crippen LogP contribution in [0.1, 0.15) is 31.2 Å². The van der Waals surface area contributed by atoms with Crippen molar-refractivity contribution < 1.29 is 19.1 Å². The van der Waals surface area contributed by atoms with Gasteiger partial charge in [0.05, 0.1) is 11.3 Å². The van der Waals surface area contributed by atoms with E-state index in [0.717, 1.165) is 11.3 Å². The van der Waals surface area contributed by atoms with Crippen molar-refractivity contribution in [2.75, 3.05) is 5.32 Å². The van der Waals surface area contributed by atoms with Crippen LogP contribution in [0, 0.1) is 19.7 Å². The van der Waals surface area contributed by atoms with Crippen LogP contribution in [0.15, 0.2) is 23.6 Å². The van der Waals surface area contributed by atoms with E-state index in [2.05, 4.69) is 5.32 Å². The number of hydrogen-bond donors (Lipinski definition) is 2. The molecule has 0 aliphatic rings. The summed E-state index contributed by atoms with van der Waals surface area (Å²) < 4.78 is 13.9. The molecule has 0 saturated carbocycles. The molecule has 4 nitrogen and oxygen atoms in total. The molecule has 0 saturated heterocycles. The van der Waals surface area contributed by atoms with Gasteiger partial charge in [-0.05, 0) is 36.4 Å². The fourth-order valence-electron chi connectivity index (χ4n) is 1.76. The summed E-state index contributed by atoms with van der Waals surface area (Å²) in [6.07, 6.45) is 0. The number of hydrogen-bond acceptors (Lipinski definition) is 3. The Labute approximate surface area is 118 Å². The first-order valence-corrected chi connectivity index (χ1v) is 6.67. The lowest BCUT2D eigenvalue weighted by molar-refractivity contribution is 0.0703. The number of carbonyl (C=O) groups is 2. The molecular formula is C14H12FNO3S. The van der Waals surface area contributed by atoms with Gasteiger partial charge in [0.2, 0.25) is 0 Å². The molecule has 0 bridgehead atoms. The van der Waals surface area contributed by atoms with Gasteiger partial charge in [0.1, 0.15) is 10.7 Å². The number of halogens is 1. The number of aromatic carboxylic acids is 1. The lowest BCUT2D eigenvalue weighted by Crippen LogP contribution is -2.16. The van der Waals surface area contributed by atoms with Crippen LogP contribution in [0.25, 0.3) is 0 Å². The first kappa shape index (κ1) is 14.2. The Balaban J connectivity index is 2.35. The Morgan fingerprint density at radius 1 is 1.25 bits per heavy atom. The Kier molecular flexibility index (Phi) is 3.85. The maximum atomic E-state index is 13.9. The maximum absolute atomic E-state index is 13.9. The average molecular weight is 293 g/mol. The van der Waals surface area contributed by atoms with Gasteiger partial charge in [0, 0.05) is 0 Å². The van der Waals surface area contributed by atoms with Gasteiger partial charge in [-0.3, -0.25) is 4.79 Å². The molecule has 0 aliphatic carbocycles. The summed E-state index contributed by atoms with van der Waals surface area (Å²) in [7, 11) is 0. The molecule has 0 atom stereocenters. The summed E-state index contributed by atoms with van der Waals surface area (Å²) >= 11 is 1.02. The number of amides is 1. The number of aryl methyl sites for hydroxylation is 2. The van der Waals surface area contributed by atoms with Gasteiger partial charge in [0.25, 0.3) is 5.91 Å².